The Morgan fingerprint density at radius 1 is 1.50 bits per heavy atom. The zero-order valence-electron chi connectivity index (χ0n) is 9.48. The summed E-state index contributed by atoms with van der Waals surface area (Å²) in [6, 6.07) is 7.77. The third kappa shape index (κ3) is 3.58. The van der Waals surface area contributed by atoms with Gasteiger partial charge in [0.15, 0.2) is 0 Å². The maximum absolute atomic E-state index is 11.1. The van der Waals surface area contributed by atoms with Gasteiger partial charge in [0.05, 0.1) is 12.8 Å². The van der Waals surface area contributed by atoms with Crippen LogP contribution in [0.1, 0.15) is 6.92 Å². The lowest BCUT2D eigenvalue weighted by atomic mass is 10.3. The van der Waals surface area contributed by atoms with E-state index >= 15 is 0 Å². The number of hydrogen-bond acceptors (Lipinski definition) is 5. The second kappa shape index (κ2) is 6.17. The summed E-state index contributed by atoms with van der Waals surface area (Å²) >= 11 is 1.65. The number of nitrogens with zero attached hydrogens (tertiary/aromatic N) is 1. The van der Waals surface area contributed by atoms with E-state index in [0.29, 0.717) is 0 Å². The Hall–Kier alpha value is -1.49. The predicted octanol–water partition coefficient (Wildman–Crippen LogP) is 2.37. The monoisotopic (exact) mass is 238 g/mol. The van der Waals surface area contributed by atoms with Crippen molar-refractivity contribution in [2.45, 2.75) is 11.8 Å². The topological polar surface area (TPSA) is 50.7 Å². The number of hydrogen-bond donors (Lipinski definition) is 1. The number of methoxy groups -OCH3 is 1. The molecule has 86 valence electrons. The highest BCUT2D eigenvalue weighted by Gasteiger charge is 2.04. The molecule has 0 unspecified atom stereocenters. The van der Waals surface area contributed by atoms with E-state index in [0.717, 1.165) is 10.6 Å². The molecule has 1 aromatic rings. The minimum Gasteiger partial charge on any atom is -0.464 e. The SMILES string of the molecule is COC(=O)/C(C)=N/Nc1cccc(SC)c1. The second-order valence-electron chi connectivity index (χ2n) is 3.03. The predicted molar refractivity (Wildman–Crippen MR) is 67.0 cm³/mol. The van der Waals surface area contributed by atoms with Crippen LogP contribution in [0.3, 0.4) is 0 Å². The van der Waals surface area contributed by atoms with Gasteiger partial charge in [0.2, 0.25) is 0 Å². The van der Waals surface area contributed by atoms with E-state index in [1.807, 2.05) is 30.5 Å². The van der Waals surface area contributed by atoms with E-state index in [1.165, 1.54) is 7.11 Å². The van der Waals surface area contributed by atoms with Crippen molar-refractivity contribution < 1.29 is 9.53 Å². The third-order valence-electron chi connectivity index (χ3n) is 1.90. The van der Waals surface area contributed by atoms with Gasteiger partial charge in [0.1, 0.15) is 5.71 Å². The molecule has 0 saturated carbocycles. The quantitative estimate of drug-likeness (QED) is 0.379. The summed E-state index contributed by atoms with van der Waals surface area (Å²) in [6.07, 6.45) is 2.00. The van der Waals surface area contributed by atoms with Gasteiger partial charge >= 0.3 is 5.97 Å². The van der Waals surface area contributed by atoms with Crippen molar-refractivity contribution in [3.63, 3.8) is 0 Å². The average molecular weight is 238 g/mol. The molecule has 0 radical (unpaired) electrons. The molecule has 0 saturated heterocycles. The van der Waals surface area contributed by atoms with Gasteiger partial charge in [-0.1, -0.05) is 6.07 Å². The highest BCUT2D eigenvalue weighted by atomic mass is 32.2. The number of nitrogens with one attached hydrogen (secondary N) is 1. The lowest BCUT2D eigenvalue weighted by molar-refractivity contribution is -0.132. The standard InChI is InChI=1S/C11H14N2O2S/c1-8(11(14)15-2)12-13-9-5-4-6-10(7-9)16-3/h4-7,13H,1-3H3/b12-8+. The Labute approximate surface area is 99.1 Å². The van der Waals surface area contributed by atoms with Crippen LogP contribution in [-0.2, 0) is 9.53 Å². The lowest BCUT2D eigenvalue weighted by Crippen LogP contribution is -2.13. The first-order valence-electron chi connectivity index (χ1n) is 4.70. The van der Waals surface area contributed by atoms with Crippen LogP contribution in [0.5, 0.6) is 0 Å². The number of thioether (sulfide) groups is 1. The summed E-state index contributed by atoms with van der Waals surface area (Å²) in [5.41, 5.74) is 3.94. The fourth-order valence-corrected chi connectivity index (χ4v) is 1.49. The highest BCUT2D eigenvalue weighted by molar-refractivity contribution is 7.98. The Morgan fingerprint density at radius 2 is 2.25 bits per heavy atom. The van der Waals surface area contributed by atoms with Gasteiger partial charge in [-0.25, -0.2) is 4.79 Å². The molecule has 4 nitrogen and oxygen atoms in total. The molecule has 0 aliphatic heterocycles. The number of esters is 1. The van der Waals surface area contributed by atoms with Crippen molar-refractivity contribution in [3.8, 4) is 0 Å². The molecule has 0 amide bonds. The van der Waals surface area contributed by atoms with Crippen molar-refractivity contribution in [3.05, 3.63) is 24.3 Å². The van der Waals surface area contributed by atoms with Crippen LogP contribution in [0.25, 0.3) is 0 Å². The minimum absolute atomic E-state index is 0.289. The summed E-state index contributed by atoms with van der Waals surface area (Å²) in [7, 11) is 1.33. The number of rotatable bonds is 4. The van der Waals surface area contributed by atoms with Gasteiger partial charge in [0, 0.05) is 4.90 Å². The van der Waals surface area contributed by atoms with Crippen LogP contribution in [0.2, 0.25) is 0 Å². The van der Waals surface area contributed by atoms with Crippen molar-refractivity contribution in [1.82, 2.24) is 0 Å². The van der Waals surface area contributed by atoms with Crippen molar-refractivity contribution >= 4 is 29.1 Å². The Kier molecular flexibility index (Phi) is 4.85. The number of anilines is 1. The first-order valence-corrected chi connectivity index (χ1v) is 5.92. The van der Waals surface area contributed by atoms with E-state index < -0.39 is 5.97 Å². The average Bonchev–Trinajstić information content (AvgIpc) is 2.35. The Balaban J connectivity index is 2.70. The molecule has 1 rings (SSSR count). The molecular weight excluding hydrogens is 224 g/mol. The number of benzene rings is 1. The number of ether oxygens (including phenoxy) is 1. The minimum atomic E-state index is -0.437. The molecular formula is C11H14N2O2S. The van der Waals surface area contributed by atoms with E-state index in [-0.39, 0.29) is 5.71 Å². The molecule has 16 heavy (non-hydrogen) atoms. The van der Waals surface area contributed by atoms with Crippen LogP contribution in [0.15, 0.2) is 34.3 Å². The summed E-state index contributed by atoms with van der Waals surface area (Å²) in [5, 5.41) is 3.92. The lowest BCUT2D eigenvalue weighted by Gasteiger charge is -2.03. The van der Waals surface area contributed by atoms with E-state index in [1.54, 1.807) is 18.7 Å². The van der Waals surface area contributed by atoms with Crippen LogP contribution in [0.4, 0.5) is 5.69 Å². The van der Waals surface area contributed by atoms with Gasteiger partial charge in [0.25, 0.3) is 0 Å². The van der Waals surface area contributed by atoms with Crippen molar-refractivity contribution in [2.75, 3.05) is 18.8 Å². The molecule has 0 spiro atoms. The molecule has 0 fully saturated rings. The number of hydrazone groups is 1. The molecule has 5 heteroatoms. The Morgan fingerprint density at radius 3 is 2.88 bits per heavy atom. The smallest absolute Gasteiger partial charge is 0.353 e. The number of carbonyl (C=O) groups is 1. The molecule has 0 bridgehead atoms. The van der Waals surface area contributed by atoms with E-state index in [2.05, 4.69) is 15.3 Å². The maximum atomic E-state index is 11.1. The summed E-state index contributed by atoms with van der Waals surface area (Å²) < 4.78 is 4.53. The van der Waals surface area contributed by atoms with Crippen molar-refractivity contribution in [1.29, 1.82) is 0 Å². The van der Waals surface area contributed by atoms with Crippen LogP contribution in [-0.4, -0.2) is 25.0 Å². The molecule has 0 atom stereocenters. The van der Waals surface area contributed by atoms with Crippen LogP contribution < -0.4 is 5.43 Å². The largest absolute Gasteiger partial charge is 0.464 e. The third-order valence-corrected chi connectivity index (χ3v) is 2.63. The summed E-state index contributed by atoms with van der Waals surface area (Å²) in [4.78, 5) is 12.2. The van der Waals surface area contributed by atoms with Crippen molar-refractivity contribution in [2.24, 2.45) is 5.10 Å². The van der Waals surface area contributed by atoms with Gasteiger partial charge in [-0.05, 0) is 31.4 Å². The summed E-state index contributed by atoms with van der Waals surface area (Å²) in [6.45, 7) is 1.59. The molecule has 1 aromatic carbocycles. The Bertz CT molecular complexity index is 405. The first kappa shape index (κ1) is 12.6. The van der Waals surface area contributed by atoms with Crippen LogP contribution in [0, 0.1) is 0 Å². The zero-order valence-corrected chi connectivity index (χ0v) is 10.3. The molecule has 0 heterocycles. The molecule has 1 N–H and O–H groups in total. The second-order valence-corrected chi connectivity index (χ2v) is 3.91. The summed E-state index contributed by atoms with van der Waals surface area (Å²) in [5.74, 6) is -0.437. The van der Waals surface area contributed by atoms with Gasteiger partial charge in [-0.15, -0.1) is 11.8 Å². The van der Waals surface area contributed by atoms with Gasteiger partial charge < -0.3 is 4.74 Å². The van der Waals surface area contributed by atoms with E-state index in [9.17, 15) is 4.79 Å². The van der Waals surface area contributed by atoms with Crippen LogP contribution >= 0.6 is 11.8 Å². The molecule has 0 aliphatic rings. The fraction of sp³-hybridized carbons (Fsp3) is 0.273. The van der Waals surface area contributed by atoms with Gasteiger partial charge in [-0.2, -0.15) is 5.10 Å². The van der Waals surface area contributed by atoms with Gasteiger partial charge in [-0.3, -0.25) is 5.43 Å². The maximum Gasteiger partial charge on any atom is 0.353 e. The highest BCUT2D eigenvalue weighted by Crippen LogP contribution is 2.18. The first-order chi connectivity index (χ1) is 7.67. The fourth-order valence-electron chi connectivity index (χ4n) is 1.03. The molecule has 0 aromatic heterocycles. The number of carbonyl (C=O) groups excluding carboxylic acids is 1. The van der Waals surface area contributed by atoms with E-state index in [4.69, 9.17) is 0 Å². The normalized spacial score (nSPS) is 11.1. The zero-order chi connectivity index (χ0) is 12.0. The molecule has 0 aliphatic carbocycles.